The zero-order chi connectivity index (χ0) is 15.4. The van der Waals surface area contributed by atoms with Crippen LogP contribution in [0.4, 0.5) is 0 Å². The van der Waals surface area contributed by atoms with Gasteiger partial charge in [-0.3, -0.25) is 4.90 Å². The molecule has 0 aromatic heterocycles. The summed E-state index contributed by atoms with van der Waals surface area (Å²) in [5.41, 5.74) is -0.100. The summed E-state index contributed by atoms with van der Waals surface area (Å²) < 4.78 is 5.20. The molecule has 0 aromatic rings. The summed E-state index contributed by atoms with van der Waals surface area (Å²) >= 11 is 0. The number of methoxy groups -OCH3 is 1. The van der Waals surface area contributed by atoms with Crippen LogP contribution < -0.4 is 5.32 Å². The largest absolute Gasteiger partial charge is 0.394 e. The standard InChI is InChI=1S/C16H36N2O2/c1-6-15(4)18(12-13-20-5)11-9-10-16(7-2,14-19)17-8-3/h15,17,19H,6-14H2,1-5H3. The molecule has 0 saturated heterocycles. The third-order valence-corrected chi connectivity index (χ3v) is 4.43. The second kappa shape index (κ2) is 11.5. The minimum atomic E-state index is -0.100. The first-order valence-electron chi connectivity index (χ1n) is 8.17. The van der Waals surface area contributed by atoms with Crippen LogP contribution in [0.5, 0.6) is 0 Å². The summed E-state index contributed by atoms with van der Waals surface area (Å²) in [6.07, 6.45) is 4.26. The normalized spacial score (nSPS) is 16.4. The van der Waals surface area contributed by atoms with Gasteiger partial charge in [0.05, 0.1) is 13.2 Å². The maximum absolute atomic E-state index is 9.67. The van der Waals surface area contributed by atoms with Crippen LogP contribution in [0.1, 0.15) is 53.4 Å². The molecule has 4 nitrogen and oxygen atoms in total. The molecule has 0 amide bonds. The van der Waals surface area contributed by atoms with Gasteiger partial charge in [0, 0.05) is 25.2 Å². The quantitative estimate of drug-likeness (QED) is 0.546. The maximum Gasteiger partial charge on any atom is 0.0613 e. The lowest BCUT2D eigenvalue weighted by molar-refractivity contribution is 0.109. The Morgan fingerprint density at radius 2 is 1.95 bits per heavy atom. The Labute approximate surface area is 125 Å². The molecule has 20 heavy (non-hydrogen) atoms. The van der Waals surface area contributed by atoms with E-state index >= 15 is 0 Å². The first kappa shape index (κ1) is 19.8. The topological polar surface area (TPSA) is 44.7 Å². The molecule has 122 valence electrons. The van der Waals surface area contributed by atoms with Crippen molar-refractivity contribution in [2.45, 2.75) is 65.0 Å². The zero-order valence-electron chi connectivity index (χ0n) is 14.2. The fourth-order valence-electron chi connectivity index (χ4n) is 2.65. The minimum Gasteiger partial charge on any atom is -0.394 e. The van der Waals surface area contributed by atoms with Gasteiger partial charge in [0.15, 0.2) is 0 Å². The Balaban J connectivity index is 4.31. The average Bonchev–Trinajstić information content (AvgIpc) is 2.48. The van der Waals surface area contributed by atoms with Crippen molar-refractivity contribution >= 4 is 0 Å². The molecule has 0 aliphatic rings. The zero-order valence-corrected chi connectivity index (χ0v) is 14.2. The molecule has 0 spiro atoms. The van der Waals surface area contributed by atoms with Crippen LogP contribution in [0.3, 0.4) is 0 Å². The van der Waals surface area contributed by atoms with Crippen LogP contribution in [-0.2, 0) is 4.74 Å². The molecule has 2 unspecified atom stereocenters. The van der Waals surface area contributed by atoms with E-state index in [4.69, 9.17) is 4.74 Å². The third kappa shape index (κ3) is 7.02. The predicted molar refractivity (Wildman–Crippen MR) is 86.2 cm³/mol. The first-order chi connectivity index (χ1) is 9.59. The van der Waals surface area contributed by atoms with Crippen molar-refractivity contribution in [1.82, 2.24) is 10.2 Å². The van der Waals surface area contributed by atoms with E-state index < -0.39 is 0 Å². The number of ether oxygens (including phenoxy) is 1. The molecule has 0 rings (SSSR count). The van der Waals surface area contributed by atoms with Gasteiger partial charge in [-0.05, 0) is 45.7 Å². The Morgan fingerprint density at radius 3 is 2.40 bits per heavy atom. The highest BCUT2D eigenvalue weighted by Gasteiger charge is 2.25. The number of nitrogens with zero attached hydrogens (tertiary/aromatic N) is 1. The van der Waals surface area contributed by atoms with E-state index in [0.717, 1.165) is 51.9 Å². The second-order valence-electron chi connectivity index (χ2n) is 5.71. The summed E-state index contributed by atoms with van der Waals surface area (Å²) in [5, 5.41) is 13.1. The molecule has 4 heteroatoms. The molecule has 0 bridgehead atoms. The van der Waals surface area contributed by atoms with Gasteiger partial charge >= 0.3 is 0 Å². The van der Waals surface area contributed by atoms with E-state index in [0.29, 0.717) is 6.04 Å². The van der Waals surface area contributed by atoms with Crippen LogP contribution in [0, 0.1) is 0 Å². The number of hydrogen-bond donors (Lipinski definition) is 2. The van der Waals surface area contributed by atoms with Crippen molar-refractivity contribution in [3.05, 3.63) is 0 Å². The van der Waals surface area contributed by atoms with Crippen LogP contribution in [0.25, 0.3) is 0 Å². The second-order valence-corrected chi connectivity index (χ2v) is 5.71. The molecule has 0 aliphatic carbocycles. The molecule has 0 fully saturated rings. The van der Waals surface area contributed by atoms with E-state index in [1.54, 1.807) is 7.11 Å². The van der Waals surface area contributed by atoms with E-state index in [1.165, 1.54) is 0 Å². The Hall–Kier alpha value is -0.160. The summed E-state index contributed by atoms with van der Waals surface area (Å²) in [7, 11) is 1.76. The highest BCUT2D eigenvalue weighted by atomic mass is 16.5. The minimum absolute atomic E-state index is 0.100. The van der Waals surface area contributed by atoms with Crippen molar-refractivity contribution in [2.75, 3.05) is 40.0 Å². The average molecular weight is 288 g/mol. The van der Waals surface area contributed by atoms with Gasteiger partial charge < -0.3 is 15.2 Å². The van der Waals surface area contributed by atoms with Crippen molar-refractivity contribution in [3.8, 4) is 0 Å². The van der Waals surface area contributed by atoms with Gasteiger partial charge in [-0.25, -0.2) is 0 Å². The molecule has 0 saturated carbocycles. The Morgan fingerprint density at radius 1 is 1.25 bits per heavy atom. The van der Waals surface area contributed by atoms with Crippen LogP contribution in [0.15, 0.2) is 0 Å². The van der Waals surface area contributed by atoms with Crippen molar-refractivity contribution in [3.63, 3.8) is 0 Å². The number of nitrogens with one attached hydrogen (secondary N) is 1. The van der Waals surface area contributed by atoms with Gasteiger partial charge in [-0.15, -0.1) is 0 Å². The smallest absolute Gasteiger partial charge is 0.0613 e. The number of rotatable bonds is 13. The Kier molecular flexibility index (Phi) is 11.4. The maximum atomic E-state index is 9.67. The highest BCUT2D eigenvalue weighted by Crippen LogP contribution is 2.18. The van der Waals surface area contributed by atoms with Gasteiger partial charge in [0.1, 0.15) is 0 Å². The van der Waals surface area contributed by atoms with Crippen LogP contribution in [-0.4, -0.2) is 61.5 Å². The summed E-state index contributed by atoms with van der Waals surface area (Å²) in [4.78, 5) is 2.49. The molecular formula is C16H36N2O2. The van der Waals surface area contributed by atoms with Gasteiger partial charge in [0.25, 0.3) is 0 Å². The number of likely N-dealkylation sites (N-methyl/N-ethyl adjacent to an activating group) is 1. The van der Waals surface area contributed by atoms with E-state index in [-0.39, 0.29) is 12.1 Å². The third-order valence-electron chi connectivity index (χ3n) is 4.43. The van der Waals surface area contributed by atoms with Gasteiger partial charge in [0.2, 0.25) is 0 Å². The van der Waals surface area contributed by atoms with E-state index in [9.17, 15) is 5.11 Å². The molecule has 2 atom stereocenters. The van der Waals surface area contributed by atoms with Crippen LogP contribution in [0.2, 0.25) is 0 Å². The summed E-state index contributed by atoms with van der Waals surface area (Å²) in [5.74, 6) is 0. The predicted octanol–water partition coefficient (Wildman–Crippen LogP) is 2.26. The lowest BCUT2D eigenvalue weighted by Crippen LogP contribution is -2.48. The lowest BCUT2D eigenvalue weighted by atomic mass is 9.91. The molecule has 0 aliphatic heterocycles. The number of hydrogen-bond acceptors (Lipinski definition) is 4. The molecule has 0 aromatic carbocycles. The van der Waals surface area contributed by atoms with Crippen molar-refractivity contribution in [2.24, 2.45) is 0 Å². The van der Waals surface area contributed by atoms with Crippen molar-refractivity contribution < 1.29 is 9.84 Å². The highest BCUT2D eigenvalue weighted by molar-refractivity contribution is 4.86. The monoisotopic (exact) mass is 288 g/mol. The van der Waals surface area contributed by atoms with E-state index in [1.807, 2.05) is 0 Å². The first-order valence-corrected chi connectivity index (χ1v) is 8.17. The summed E-state index contributed by atoms with van der Waals surface area (Å²) in [6.45, 7) is 12.7. The Bertz CT molecular complexity index is 221. The number of aliphatic hydroxyl groups is 1. The fourth-order valence-corrected chi connectivity index (χ4v) is 2.65. The molecule has 0 heterocycles. The van der Waals surface area contributed by atoms with Gasteiger partial charge in [-0.2, -0.15) is 0 Å². The van der Waals surface area contributed by atoms with Gasteiger partial charge in [-0.1, -0.05) is 20.8 Å². The molecular weight excluding hydrogens is 252 g/mol. The summed E-state index contributed by atoms with van der Waals surface area (Å²) in [6, 6.07) is 0.592. The molecule has 0 radical (unpaired) electrons. The SMILES string of the molecule is CCNC(CC)(CO)CCCN(CCOC)C(C)CC. The van der Waals surface area contributed by atoms with E-state index in [2.05, 4.69) is 37.9 Å². The lowest BCUT2D eigenvalue weighted by Gasteiger charge is -2.34. The fraction of sp³-hybridized carbons (Fsp3) is 1.00. The van der Waals surface area contributed by atoms with Crippen LogP contribution >= 0.6 is 0 Å². The molecule has 2 N–H and O–H groups in total. The van der Waals surface area contributed by atoms with Crippen molar-refractivity contribution in [1.29, 1.82) is 0 Å². The number of aliphatic hydroxyl groups excluding tert-OH is 1.